The van der Waals surface area contributed by atoms with Gasteiger partial charge in [0.05, 0.1) is 0 Å². The first-order chi connectivity index (χ1) is 8.27. The molecular weight excluding hydrogens is 210 g/mol. The summed E-state index contributed by atoms with van der Waals surface area (Å²) in [5.74, 6) is 0.877. The summed E-state index contributed by atoms with van der Waals surface area (Å²) >= 11 is 0. The van der Waals surface area contributed by atoms with Crippen molar-refractivity contribution in [2.45, 2.75) is 33.2 Å². The Balaban J connectivity index is 2.40. The molecule has 0 spiro atoms. The molecular formula is C14H23N3. The van der Waals surface area contributed by atoms with Crippen molar-refractivity contribution >= 4 is 5.96 Å². The molecule has 0 amide bonds. The van der Waals surface area contributed by atoms with Gasteiger partial charge in [0.1, 0.15) is 0 Å². The predicted octanol–water partition coefficient (Wildman–Crippen LogP) is 2.46. The summed E-state index contributed by atoms with van der Waals surface area (Å²) in [7, 11) is 1.80. The number of hydrogen-bond acceptors (Lipinski definition) is 1. The molecule has 0 fully saturated rings. The second-order valence-electron chi connectivity index (χ2n) is 4.13. The van der Waals surface area contributed by atoms with E-state index in [0.717, 1.165) is 19.0 Å². The van der Waals surface area contributed by atoms with Crippen LogP contribution in [-0.4, -0.2) is 19.6 Å². The van der Waals surface area contributed by atoms with Crippen molar-refractivity contribution in [2.75, 3.05) is 13.6 Å². The molecule has 0 saturated carbocycles. The molecule has 1 aromatic rings. The van der Waals surface area contributed by atoms with E-state index in [4.69, 9.17) is 0 Å². The van der Waals surface area contributed by atoms with Gasteiger partial charge in [-0.15, -0.1) is 0 Å². The van der Waals surface area contributed by atoms with Gasteiger partial charge in [-0.05, 0) is 24.5 Å². The second-order valence-corrected chi connectivity index (χ2v) is 4.13. The number of benzene rings is 1. The topological polar surface area (TPSA) is 36.4 Å². The van der Waals surface area contributed by atoms with Crippen LogP contribution >= 0.6 is 0 Å². The van der Waals surface area contributed by atoms with E-state index in [1.54, 1.807) is 7.05 Å². The molecule has 0 heterocycles. The first-order valence-corrected chi connectivity index (χ1v) is 6.27. The van der Waals surface area contributed by atoms with E-state index in [9.17, 15) is 0 Å². The zero-order valence-electron chi connectivity index (χ0n) is 11.1. The first-order valence-electron chi connectivity index (χ1n) is 6.27. The van der Waals surface area contributed by atoms with Crippen LogP contribution in [0, 0.1) is 6.92 Å². The second kappa shape index (κ2) is 7.71. The summed E-state index contributed by atoms with van der Waals surface area (Å²) in [5.41, 5.74) is 2.62. The monoisotopic (exact) mass is 233 g/mol. The minimum absolute atomic E-state index is 0.818. The molecule has 3 nitrogen and oxygen atoms in total. The largest absolute Gasteiger partial charge is 0.356 e. The van der Waals surface area contributed by atoms with Crippen molar-refractivity contribution in [3.63, 3.8) is 0 Å². The average Bonchev–Trinajstić information content (AvgIpc) is 2.35. The predicted molar refractivity (Wildman–Crippen MR) is 74.3 cm³/mol. The van der Waals surface area contributed by atoms with Crippen molar-refractivity contribution in [3.05, 3.63) is 35.4 Å². The van der Waals surface area contributed by atoms with Crippen LogP contribution in [0.5, 0.6) is 0 Å². The average molecular weight is 233 g/mol. The Hall–Kier alpha value is -1.51. The summed E-state index contributed by atoms with van der Waals surface area (Å²) in [6, 6.07) is 8.40. The third-order valence-corrected chi connectivity index (χ3v) is 2.75. The summed E-state index contributed by atoms with van der Waals surface area (Å²) in [4.78, 5) is 4.20. The van der Waals surface area contributed by atoms with Crippen molar-refractivity contribution in [1.82, 2.24) is 10.6 Å². The fourth-order valence-electron chi connectivity index (χ4n) is 1.59. The van der Waals surface area contributed by atoms with Gasteiger partial charge in [-0.3, -0.25) is 4.99 Å². The number of aliphatic imine (C=N–C) groups is 1. The normalized spacial score (nSPS) is 11.4. The van der Waals surface area contributed by atoms with Crippen LogP contribution in [0.3, 0.4) is 0 Å². The van der Waals surface area contributed by atoms with E-state index in [1.165, 1.54) is 24.0 Å². The number of unbranched alkanes of at least 4 members (excludes halogenated alkanes) is 1. The quantitative estimate of drug-likeness (QED) is 0.465. The molecule has 0 radical (unpaired) electrons. The van der Waals surface area contributed by atoms with Crippen LogP contribution in [0.4, 0.5) is 0 Å². The van der Waals surface area contributed by atoms with Gasteiger partial charge >= 0.3 is 0 Å². The molecule has 0 bridgehead atoms. The maximum Gasteiger partial charge on any atom is 0.191 e. The number of hydrogen-bond donors (Lipinski definition) is 2. The molecule has 0 aliphatic heterocycles. The first kappa shape index (κ1) is 13.6. The maximum absolute atomic E-state index is 4.20. The van der Waals surface area contributed by atoms with Crippen LogP contribution in [0.25, 0.3) is 0 Å². The lowest BCUT2D eigenvalue weighted by atomic mass is 10.1. The third-order valence-electron chi connectivity index (χ3n) is 2.75. The van der Waals surface area contributed by atoms with Gasteiger partial charge in [0.2, 0.25) is 0 Å². The van der Waals surface area contributed by atoms with Gasteiger partial charge < -0.3 is 10.6 Å². The van der Waals surface area contributed by atoms with Crippen molar-refractivity contribution in [3.8, 4) is 0 Å². The van der Waals surface area contributed by atoms with Gasteiger partial charge in [0, 0.05) is 20.1 Å². The number of guanidine groups is 1. The van der Waals surface area contributed by atoms with Gasteiger partial charge in [0.15, 0.2) is 5.96 Å². The van der Waals surface area contributed by atoms with Crippen molar-refractivity contribution in [1.29, 1.82) is 0 Å². The highest BCUT2D eigenvalue weighted by Gasteiger charge is 1.99. The summed E-state index contributed by atoms with van der Waals surface area (Å²) in [6.07, 6.45) is 2.37. The molecule has 3 heteroatoms. The fourth-order valence-corrected chi connectivity index (χ4v) is 1.59. The van der Waals surface area contributed by atoms with Gasteiger partial charge in [-0.25, -0.2) is 0 Å². The molecule has 0 saturated heterocycles. The lowest BCUT2D eigenvalue weighted by Gasteiger charge is -2.12. The van der Waals surface area contributed by atoms with E-state index in [2.05, 4.69) is 53.7 Å². The molecule has 2 N–H and O–H groups in total. The molecule has 0 aliphatic rings. The Morgan fingerprint density at radius 2 is 2.00 bits per heavy atom. The molecule has 17 heavy (non-hydrogen) atoms. The van der Waals surface area contributed by atoms with E-state index < -0.39 is 0 Å². The minimum atomic E-state index is 0.818. The van der Waals surface area contributed by atoms with Gasteiger partial charge in [-0.2, -0.15) is 0 Å². The molecule has 94 valence electrons. The molecule has 0 aliphatic carbocycles. The minimum Gasteiger partial charge on any atom is -0.356 e. The van der Waals surface area contributed by atoms with E-state index in [-0.39, 0.29) is 0 Å². The highest BCUT2D eigenvalue weighted by atomic mass is 15.2. The number of nitrogens with zero attached hydrogens (tertiary/aromatic N) is 1. The van der Waals surface area contributed by atoms with Crippen LogP contribution in [0.1, 0.15) is 30.9 Å². The third kappa shape index (κ3) is 4.89. The standard InChI is InChI=1S/C14H23N3/c1-4-5-10-16-14(15-3)17-11-13-9-7-6-8-12(13)2/h6-9H,4-5,10-11H2,1-3H3,(H2,15,16,17). The fraction of sp³-hybridized carbons (Fsp3) is 0.500. The summed E-state index contributed by atoms with van der Waals surface area (Å²) in [5, 5.41) is 6.62. The Kier molecular flexibility index (Phi) is 6.15. The van der Waals surface area contributed by atoms with Crippen LogP contribution < -0.4 is 10.6 Å². The van der Waals surface area contributed by atoms with E-state index in [1.807, 2.05) is 0 Å². The Labute approximate surface area is 104 Å². The Morgan fingerprint density at radius 1 is 1.24 bits per heavy atom. The summed E-state index contributed by atoms with van der Waals surface area (Å²) < 4.78 is 0. The lowest BCUT2D eigenvalue weighted by Crippen LogP contribution is -2.37. The van der Waals surface area contributed by atoms with Crippen LogP contribution in [-0.2, 0) is 6.54 Å². The smallest absolute Gasteiger partial charge is 0.191 e. The molecule has 1 rings (SSSR count). The lowest BCUT2D eigenvalue weighted by molar-refractivity contribution is 0.728. The van der Waals surface area contributed by atoms with Crippen LogP contribution in [0.15, 0.2) is 29.3 Å². The Bertz CT molecular complexity index is 358. The zero-order chi connectivity index (χ0) is 12.5. The van der Waals surface area contributed by atoms with E-state index >= 15 is 0 Å². The highest BCUT2D eigenvalue weighted by Crippen LogP contribution is 2.05. The highest BCUT2D eigenvalue weighted by molar-refractivity contribution is 5.79. The molecule has 0 unspecified atom stereocenters. The van der Waals surface area contributed by atoms with Crippen molar-refractivity contribution in [2.24, 2.45) is 4.99 Å². The molecule has 0 atom stereocenters. The maximum atomic E-state index is 4.20. The number of rotatable bonds is 5. The van der Waals surface area contributed by atoms with Crippen LogP contribution in [0.2, 0.25) is 0 Å². The Morgan fingerprint density at radius 3 is 2.65 bits per heavy atom. The van der Waals surface area contributed by atoms with E-state index in [0.29, 0.717) is 0 Å². The molecule has 0 aromatic heterocycles. The number of nitrogens with one attached hydrogen (secondary N) is 2. The van der Waals surface area contributed by atoms with Gasteiger partial charge in [-0.1, -0.05) is 37.6 Å². The molecule has 1 aromatic carbocycles. The van der Waals surface area contributed by atoms with Crippen molar-refractivity contribution < 1.29 is 0 Å². The SMILES string of the molecule is CCCCNC(=NC)NCc1ccccc1C. The number of aryl methyl sites for hydroxylation is 1. The van der Waals surface area contributed by atoms with Gasteiger partial charge in [0.25, 0.3) is 0 Å². The zero-order valence-corrected chi connectivity index (χ0v) is 11.1. The summed E-state index contributed by atoms with van der Waals surface area (Å²) in [6.45, 7) is 6.11.